The van der Waals surface area contributed by atoms with Gasteiger partial charge in [-0.05, 0) is 49.9 Å². The maximum absolute atomic E-state index is 13.7. The molecule has 2 aliphatic heterocycles. The SMILES string of the molecule is CCC(NC(=O)c1cc(C(=O)N2CCCC2C)n2c1COCC2)c1ccc(F)c(C#N)c1. The topological polar surface area (TPSA) is 87.4 Å². The summed E-state index contributed by atoms with van der Waals surface area (Å²) < 4.78 is 21.2. The first-order chi connectivity index (χ1) is 15.4. The van der Waals surface area contributed by atoms with Crippen LogP contribution in [0, 0.1) is 17.1 Å². The van der Waals surface area contributed by atoms with Gasteiger partial charge in [0, 0.05) is 19.1 Å². The molecule has 0 saturated carbocycles. The smallest absolute Gasteiger partial charge is 0.270 e. The Morgan fingerprint density at radius 1 is 1.34 bits per heavy atom. The van der Waals surface area contributed by atoms with E-state index in [1.165, 1.54) is 12.1 Å². The molecule has 2 unspecified atom stereocenters. The molecule has 1 aromatic carbocycles. The van der Waals surface area contributed by atoms with Crippen LogP contribution in [0.15, 0.2) is 24.3 Å². The molecule has 0 spiro atoms. The monoisotopic (exact) mass is 438 g/mol. The maximum atomic E-state index is 13.7. The van der Waals surface area contributed by atoms with Crippen molar-refractivity contribution < 1.29 is 18.7 Å². The molecule has 2 atom stereocenters. The average molecular weight is 439 g/mol. The quantitative estimate of drug-likeness (QED) is 0.774. The van der Waals surface area contributed by atoms with E-state index in [4.69, 9.17) is 10.00 Å². The number of hydrogen-bond acceptors (Lipinski definition) is 4. The van der Waals surface area contributed by atoms with Crippen LogP contribution in [-0.4, -0.2) is 40.5 Å². The van der Waals surface area contributed by atoms with E-state index in [9.17, 15) is 14.0 Å². The largest absolute Gasteiger partial charge is 0.373 e. The van der Waals surface area contributed by atoms with Gasteiger partial charge in [0.1, 0.15) is 17.6 Å². The third-order valence-corrected chi connectivity index (χ3v) is 6.41. The lowest BCUT2D eigenvalue weighted by Crippen LogP contribution is -2.35. The van der Waals surface area contributed by atoms with Gasteiger partial charge in [-0.1, -0.05) is 13.0 Å². The zero-order valence-corrected chi connectivity index (χ0v) is 18.4. The van der Waals surface area contributed by atoms with Crippen molar-refractivity contribution in [2.24, 2.45) is 0 Å². The Balaban J connectivity index is 1.63. The fourth-order valence-corrected chi connectivity index (χ4v) is 4.58. The second kappa shape index (κ2) is 9.13. The van der Waals surface area contributed by atoms with Crippen LogP contribution in [0.2, 0.25) is 0 Å². The minimum absolute atomic E-state index is 0.0542. The van der Waals surface area contributed by atoms with Gasteiger partial charge in [0.25, 0.3) is 11.8 Å². The average Bonchev–Trinajstić information content (AvgIpc) is 3.41. The summed E-state index contributed by atoms with van der Waals surface area (Å²) in [6.07, 6.45) is 2.53. The van der Waals surface area contributed by atoms with E-state index in [0.29, 0.717) is 42.1 Å². The van der Waals surface area contributed by atoms with Crippen molar-refractivity contribution in [2.45, 2.75) is 58.3 Å². The van der Waals surface area contributed by atoms with E-state index in [1.54, 1.807) is 12.1 Å². The first kappa shape index (κ1) is 22.0. The predicted molar refractivity (Wildman–Crippen MR) is 115 cm³/mol. The number of amides is 2. The van der Waals surface area contributed by atoms with E-state index in [-0.39, 0.29) is 30.0 Å². The zero-order chi connectivity index (χ0) is 22.8. The van der Waals surface area contributed by atoms with Gasteiger partial charge in [-0.3, -0.25) is 9.59 Å². The van der Waals surface area contributed by atoms with Crippen molar-refractivity contribution in [3.8, 4) is 6.07 Å². The van der Waals surface area contributed by atoms with Crippen molar-refractivity contribution in [3.05, 3.63) is 58.2 Å². The van der Waals surface area contributed by atoms with Gasteiger partial charge in [0.15, 0.2) is 0 Å². The number of hydrogen-bond donors (Lipinski definition) is 1. The number of ether oxygens (including phenoxy) is 1. The zero-order valence-electron chi connectivity index (χ0n) is 18.4. The van der Waals surface area contributed by atoms with Crippen molar-refractivity contribution in [2.75, 3.05) is 13.2 Å². The molecule has 1 aromatic heterocycles. The standard InChI is InChI=1S/C24H27FN4O3/c1-3-20(16-6-7-19(25)17(11-16)13-26)27-23(30)18-12-21(29-9-10-32-14-22(18)29)24(31)28-8-4-5-15(28)2/h6-7,11-12,15,20H,3-5,8-10,14H2,1-2H3,(H,27,30). The molecule has 2 aliphatic rings. The minimum Gasteiger partial charge on any atom is -0.373 e. The number of nitriles is 1. The first-order valence-electron chi connectivity index (χ1n) is 11.1. The highest BCUT2D eigenvalue weighted by Crippen LogP contribution is 2.27. The number of rotatable bonds is 5. The van der Waals surface area contributed by atoms with E-state index in [0.717, 1.165) is 19.4 Å². The summed E-state index contributed by atoms with van der Waals surface area (Å²) in [6.45, 7) is 5.95. The van der Waals surface area contributed by atoms with Crippen LogP contribution in [0.4, 0.5) is 4.39 Å². The second-order valence-corrected chi connectivity index (χ2v) is 8.37. The minimum atomic E-state index is -0.588. The molecule has 1 N–H and O–H groups in total. The highest BCUT2D eigenvalue weighted by molar-refractivity contribution is 6.01. The van der Waals surface area contributed by atoms with E-state index in [1.807, 2.05) is 29.4 Å². The Labute approximate surface area is 186 Å². The number of aromatic nitrogens is 1. The number of likely N-dealkylation sites (tertiary alicyclic amines) is 1. The van der Waals surface area contributed by atoms with E-state index >= 15 is 0 Å². The van der Waals surface area contributed by atoms with E-state index < -0.39 is 11.9 Å². The Morgan fingerprint density at radius 3 is 2.84 bits per heavy atom. The maximum Gasteiger partial charge on any atom is 0.270 e. The van der Waals surface area contributed by atoms with Crippen LogP contribution in [0.25, 0.3) is 0 Å². The molecule has 2 aromatic rings. The molecule has 1 fully saturated rings. The fourth-order valence-electron chi connectivity index (χ4n) is 4.58. The number of halogens is 1. The normalized spacial score (nSPS) is 18.7. The van der Waals surface area contributed by atoms with Crippen LogP contribution in [0.1, 0.15) is 76.8 Å². The second-order valence-electron chi connectivity index (χ2n) is 8.37. The molecule has 7 nitrogen and oxygen atoms in total. The van der Waals surface area contributed by atoms with E-state index in [2.05, 4.69) is 5.32 Å². The summed E-state index contributed by atoms with van der Waals surface area (Å²) >= 11 is 0. The molecule has 0 radical (unpaired) electrons. The van der Waals surface area contributed by atoms with Gasteiger partial charge in [0.05, 0.1) is 36.1 Å². The molecule has 4 rings (SSSR count). The highest BCUT2D eigenvalue weighted by atomic mass is 19.1. The summed E-state index contributed by atoms with van der Waals surface area (Å²) in [5.41, 5.74) is 2.23. The number of carbonyl (C=O) groups excluding carboxylic acids is 2. The van der Waals surface area contributed by atoms with Crippen molar-refractivity contribution in [1.29, 1.82) is 5.26 Å². The van der Waals surface area contributed by atoms with Crippen molar-refractivity contribution in [1.82, 2.24) is 14.8 Å². The van der Waals surface area contributed by atoms with Crippen LogP contribution >= 0.6 is 0 Å². The van der Waals surface area contributed by atoms with Crippen LogP contribution in [0.3, 0.4) is 0 Å². The van der Waals surface area contributed by atoms with Crippen molar-refractivity contribution in [3.63, 3.8) is 0 Å². The molecule has 0 bridgehead atoms. The number of nitrogens with one attached hydrogen (secondary N) is 1. The molecule has 2 amide bonds. The van der Waals surface area contributed by atoms with Gasteiger partial charge < -0.3 is 19.5 Å². The van der Waals surface area contributed by atoms with Gasteiger partial charge in [-0.15, -0.1) is 0 Å². The predicted octanol–water partition coefficient (Wildman–Crippen LogP) is 3.53. The number of benzene rings is 1. The third kappa shape index (κ3) is 4.00. The molecular weight excluding hydrogens is 411 g/mol. The number of nitrogens with zero attached hydrogens (tertiary/aromatic N) is 3. The molecule has 0 aliphatic carbocycles. The molecule has 1 saturated heterocycles. The fraction of sp³-hybridized carbons (Fsp3) is 0.458. The molecule has 8 heteroatoms. The summed E-state index contributed by atoms with van der Waals surface area (Å²) in [5, 5.41) is 12.1. The lowest BCUT2D eigenvalue weighted by Gasteiger charge is -2.24. The lowest BCUT2D eigenvalue weighted by atomic mass is 10.0. The van der Waals surface area contributed by atoms with Crippen LogP contribution < -0.4 is 5.32 Å². The summed E-state index contributed by atoms with van der Waals surface area (Å²) in [6, 6.07) is 7.58. The lowest BCUT2D eigenvalue weighted by molar-refractivity contribution is 0.0683. The molecule has 3 heterocycles. The first-order valence-corrected chi connectivity index (χ1v) is 11.1. The third-order valence-electron chi connectivity index (χ3n) is 6.41. The summed E-state index contributed by atoms with van der Waals surface area (Å²) in [5.74, 6) is -0.959. The highest BCUT2D eigenvalue weighted by Gasteiger charge is 2.32. The molecular formula is C24H27FN4O3. The van der Waals surface area contributed by atoms with Crippen LogP contribution in [-0.2, 0) is 17.9 Å². The molecule has 32 heavy (non-hydrogen) atoms. The Kier molecular flexibility index (Phi) is 6.28. The number of carbonyl (C=O) groups is 2. The molecule has 168 valence electrons. The summed E-state index contributed by atoms with van der Waals surface area (Å²) in [7, 11) is 0. The van der Waals surface area contributed by atoms with Gasteiger partial charge >= 0.3 is 0 Å². The Morgan fingerprint density at radius 2 is 2.16 bits per heavy atom. The van der Waals surface area contributed by atoms with Gasteiger partial charge in [0.2, 0.25) is 0 Å². The van der Waals surface area contributed by atoms with Crippen LogP contribution in [0.5, 0.6) is 0 Å². The Bertz CT molecular complexity index is 1090. The number of fused-ring (bicyclic) bond motifs is 1. The van der Waals surface area contributed by atoms with Gasteiger partial charge in [-0.25, -0.2) is 4.39 Å². The van der Waals surface area contributed by atoms with Gasteiger partial charge in [-0.2, -0.15) is 5.26 Å². The van der Waals surface area contributed by atoms with Crippen molar-refractivity contribution >= 4 is 11.8 Å². The summed E-state index contributed by atoms with van der Waals surface area (Å²) in [4.78, 5) is 28.4. The Hall–Kier alpha value is -3.18.